The fourth-order valence-corrected chi connectivity index (χ4v) is 4.60. The largest absolute Gasteiger partial charge is 0.463 e. The minimum Gasteiger partial charge on any atom is -0.463 e. The first-order chi connectivity index (χ1) is 16.5. The molecule has 1 N–H and O–H groups in total. The number of thiazole rings is 1. The van der Waals surface area contributed by atoms with Crippen LogP contribution < -0.4 is 5.32 Å². The van der Waals surface area contributed by atoms with Gasteiger partial charge in [-0.3, -0.25) is 14.7 Å². The monoisotopic (exact) mass is 481 g/mol. The maximum atomic E-state index is 14.6. The molecule has 1 amide bonds. The number of hydrogen-bond acceptors (Lipinski definition) is 8. The summed E-state index contributed by atoms with van der Waals surface area (Å²) < 4.78 is 20.0. The smallest absolute Gasteiger partial charge is 0.338 e. The fraction of sp³-hybridized carbons (Fsp3) is 0.333. The third-order valence-electron chi connectivity index (χ3n) is 5.68. The summed E-state index contributed by atoms with van der Waals surface area (Å²) in [5.41, 5.74) is 1.33. The SMILES string of the molecule is C#Cc1c(F)cccc1[C@@H]1N=C(c2nccs2)NC(CN2CCN(C=O)CC2)=C1C(=O)OCC. The maximum absolute atomic E-state index is 14.6. The van der Waals surface area contributed by atoms with Crippen molar-refractivity contribution in [3.63, 3.8) is 0 Å². The standard InChI is InChI=1S/C24H24FN5O3S/c1-3-16-17(6-5-7-18(16)25)21-20(24(32)33-4-2)19(14-29-9-11-30(15-31)12-10-29)27-22(28-21)23-26-8-13-34-23/h1,5-8,13,15,21H,4,9-12,14H2,2H3,(H,27,28)/t21-/m0/s1. The molecule has 0 radical (unpaired) electrons. The number of hydrogen-bond donors (Lipinski definition) is 1. The Labute approximate surface area is 201 Å². The number of nitrogens with one attached hydrogen (secondary N) is 1. The van der Waals surface area contributed by atoms with Gasteiger partial charge in [-0.05, 0) is 18.6 Å². The minimum absolute atomic E-state index is 0.0531. The molecule has 8 nitrogen and oxygen atoms in total. The molecular weight excluding hydrogens is 457 g/mol. The van der Waals surface area contributed by atoms with Crippen LogP contribution in [0, 0.1) is 18.2 Å². The summed E-state index contributed by atoms with van der Waals surface area (Å²) in [5, 5.41) is 5.74. The van der Waals surface area contributed by atoms with Crippen molar-refractivity contribution in [1.82, 2.24) is 20.1 Å². The van der Waals surface area contributed by atoms with Crippen molar-refractivity contribution >= 4 is 29.6 Å². The van der Waals surface area contributed by atoms with Crippen molar-refractivity contribution in [2.45, 2.75) is 13.0 Å². The van der Waals surface area contributed by atoms with E-state index < -0.39 is 17.8 Å². The first-order valence-corrected chi connectivity index (χ1v) is 11.7. The number of aliphatic imine (C=N–C) groups is 1. The van der Waals surface area contributed by atoms with Gasteiger partial charge in [-0.2, -0.15) is 0 Å². The molecule has 1 saturated heterocycles. The summed E-state index contributed by atoms with van der Waals surface area (Å²) in [4.78, 5) is 37.2. The molecule has 4 rings (SSSR count). The Kier molecular flexibility index (Phi) is 7.35. The van der Waals surface area contributed by atoms with Gasteiger partial charge in [0.15, 0.2) is 10.8 Å². The van der Waals surface area contributed by atoms with Crippen molar-refractivity contribution in [3.8, 4) is 12.3 Å². The van der Waals surface area contributed by atoms with Gasteiger partial charge < -0.3 is 15.0 Å². The number of halogens is 1. The molecule has 1 aromatic carbocycles. The van der Waals surface area contributed by atoms with Gasteiger partial charge in [-0.25, -0.2) is 14.2 Å². The van der Waals surface area contributed by atoms with E-state index in [1.807, 2.05) is 5.38 Å². The van der Waals surface area contributed by atoms with Crippen molar-refractivity contribution in [2.24, 2.45) is 4.99 Å². The Morgan fingerprint density at radius 3 is 2.82 bits per heavy atom. The van der Waals surface area contributed by atoms with E-state index in [0.29, 0.717) is 54.8 Å². The first kappa shape index (κ1) is 23.6. The lowest BCUT2D eigenvalue weighted by atomic mass is 9.91. The molecule has 34 heavy (non-hydrogen) atoms. The summed E-state index contributed by atoms with van der Waals surface area (Å²) in [7, 11) is 0. The molecule has 0 saturated carbocycles. The molecule has 0 aliphatic carbocycles. The van der Waals surface area contributed by atoms with Crippen LogP contribution in [0.4, 0.5) is 4.39 Å². The molecule has 1 fully saturated rings. The van der Waals surface area contributed by atoms with Crippen LogP contribution in [0.3, 0.4) is 0 Å². The number of nitrogens with zero attached hydrogens (tertiary/aromatic N) is 4. The number of piperazine rings is 1. The molecular formula is C24H24FN5O3S. The average molecular weight is 482 g/mol. The molecule has 176 valence electrons. The normalized spacial score (nSPS) is 18.7. The van der Waals surface area contributed by atoms with Crippen LogP contribution in [0.1, 0.15) is 29.1 Å². The number of amidine groups is 1. The minimum atomic E-state index is -0.868. The second-order valence-corrected chi connectivity index (χ2v) is 8.62. The summed E-state index contributed by atoms with van der Waals surface area (Å²) in [6, 6.07) is 3.64. The Balaban J connectivity index is 1.81. The number of benzene rings is 1. The van der Waals surface area contributed by atoms with Crippen LogP contribution in [0.2, 0.25) is 0 Å². The highest BCUT2D eigenvalue weighted by Gasteiger charge is 2.35. The van der Waals surface area contributed by atoms with Gasteiger partial charge in [0.1, 0.15) is 11.9 Å². The summed E-state index contributed by atoms with van der Waals surface area (Å²) in [5.74, 6) is 1.78. The lowest BCUT2D eigenvalue weighted by Gasteiger charge is -2.35. The number of terminal acetylenes is 1. The molecule has 0 unspecified atom stereocenters. The van der Waals surface area contributed by atoms with Crippen LogP contribution in [0.5, 0.6) is 0 Å². The third-order valence-corrected chi connectivity index (χ3v) is 6.46. The summed E-state index contributed by atoms with van der Waals surface area (Å²) >= 11 is 1.39. The Bertz CT molecular complexity index is 1160. The van der Waals surface area contributed by atoms with Gasteiger partial charge >= 0.3 is 5.97 Å². The van der Waals surface area contributed by atoms with Crippen LogP contribution in [-0.4, -0.2) is 72.3 Å². The van der Waals surface area contributed by atoms with Gasteiger partial charge in [0, 0.05) is 50.0 Å². The van der Waals surface area contributed by atoms with E-state index in [-0.39, 0.29) is 17.7 Å². The van der Waals surface area contributed by atoms with E-state index >= 15 is 0 Å². The van der Waals surface area contributed by atoms with E-state index in [1.165, 1.54) is 17.4 Å². The van der Waals surface area contributed by atoms with Crippen molar-refractivity contribution < 1.29 is 18.7 Å². The number of ether oxygens (including phenoxy) is 1. The molecule has 1 atom stereocenters. The van der Waals surface area contributed by atoms with Crippen molar-refractivity contribution in [2.75, 3.05) is 39.3 Å². The molecule has 2 aromatic rings. The predicted molar refractivity (Wildman–Crippen MR) is 127 cm³/mol. The van der Waals surface area contributed by atoms with Crippen LogP contribution >= 0.6 is 11.3 Å². The Hall–Kier alpha value is -3.55. The number of esters is 1. The van der Waals surface area contributed by atoms with E-state index in [0.717, 1.165) is 6.41 Å². The average Bonchev–Trinajstić information content (AvgIpc) is 3.39. The Morgan fingerprint density at radius 2 is 2.18 bits per heavy atom. The zero-order chi connectivity index (χ0) is 24.1. The maximum Gasteiger partial charge on any atom is 0.338 e. The van der Waals surface area contributed by atoms with Crippen LogP contribution in [-0.2, 0) is 14.3 Å². The van der Waals surface area contributed by atoms with E-state index in [2.05, 4.69) is 21.1 Å². The second kappa shape index (κ2) is 10.6. The van der Waals surface area contributed by atoms with Crippen LogP contribution in [0.15, 0.2) is 46.0 Å². The molecule has 2 aliphatic heterocycles. The van der Waals surface area contributed by atoms with Gasteiger partial charge in [0.05, 0.1) is 17.7 Å². The van der Waals surface area contributed by atoms with Gasteiger partial charge in [-0.1, -0.05) is 18.1 Å². The highest BCUT2D eigenvalue weighted by Crippen LogP contribution is 2.35. The topological polar surface area (TPSA) is 87.1 Å². The zero-order valence-corrected chi connectivity index (χ0v) is 19.5. The van der Waals surface area contributed by atoms with E-state index in [1.54, 1.807) is 30.2 Å². The van der Waals surface area contributed by atoms with Crippen molar-refractivity contribution in [3.05, 3.63) is 63.0 Å². The molecule has 3 heterocycles. The van der Waals surface area contributed by atoms with E-state index in [9.17, 15) is 14.0 Å². The number of carbonyl (C=O) groups excluding carboxylic acids is 2. The highest BCUT2D eigenvalue weighted by molar-refractivity contribution is 7.11. The lowest BCUT2D eigenvalue weighted by molar-refractivity contribution is -0.139. The summed E-state index contributed by atoms with van der Waals surface area (Å²) in [6.45, 7) is 4.76. The van der Waals surface area contributed by atoms with Gasteiger partial charge in [0.25, 0.3) is 0 Å². The third kappa shape index (κ3) is 4.85. The number of aromatic nitrogens is 1. The zero-order valence-electron chi connectivity index (χ0n) is 18.7. The molecule has 0 spiro atoms. The van der Waals surface area contributed by atoms with E-state index in [4.69, 9.17) is 16.2 Å². The van der Waals surface area contributed by atoms with Gasteiger partial charge in [0.2, 0.25) is 6.41 Å². The predicted octanol–water partition coefficient (Wildman–Crippen LogP) is 1.95. The second-order valence-electron chi connectivity index (χ2n) is 7.72. The number of amides is 1. The van der Waals surface area contributed by atoms with Crippen molar-refractivity contribution in [1.29, 1.82) is 0 Å². The molecule has 10 heteroatoms. The highest BCUT2D eigenvalue weighted by atomic mass is 32.1. The number of carbonyl (C=O) groups is 2. The molecule has 2 aliphatic rings. The Morgan fingerprint density at radius 1 is 1.38 bits per heavy atom. The van der Waals surface area contributed by atoms with Gasteiger partial charge in [-0.15, -0.1) is 17.8 Å². The quantitative estimate of drug-likeness (QED) is 0.370. The lowest BCUT2D eigenvalue weighted by Crippen LogP contribution is -2.48. The number of rotatable bonds is 7. The van der Waals surface area contributed by atoms with Crippen LogP contribution in [0.25, 0.3) is 0 Å². The first-order valence-electron chi connectivity index (χ1n) is 10.9. The molecule has 0 bridgehead atoms. The fourth-order valence-electron chi connectivity index (χ4n) is 4.02. The molecule has 1 aromatic heterocycles. The summed E-state index contributed by atoms with van der Waals surface area (Å²) in [6.07, 6.45) is 8.15.